The van der Waals surface area contributed by atoms with Crippen LogP contribution in [0.15, 0.2) is 46.2 Å². The molecule has 0 aliphatic carbocycles. The number of nitrogens with one attached hydrogen (secondary N) is 1. The Hall–Kier alpha value is -1.07. The molecule has 0 bridgehead atoms. The Bertz CT molecular complexity index is 519. The van der Waals surface area contributed by atoms with Crippen molar-refractivity contribution in [3.63, 3.8) is 0 Å². The zero-order valence-corrected chi connectivity index (χ0v) is 12.5. The van der Waals surface area contributed by atoms with E-state index < -0.39 is 0 Å². The van der Waals surface area contributed by atoms with Crippen molar-refractivity contribution in [3.05, 3.63) is 46.7 Å². The van der Waals surface area contributed by atoms with E-state index in [4.69, 9.17) is 0 Å². The van der Waals surface area contributed by atoms with Crippen molar-refractivity contribution in [1.29, 1.82) is 0 Å². The van der Waals surface area contributed by atoms with Gasteiger partial charge >= 0.3 is 0 Å². The van der Waals surface area contributed by atoms with Crippen LogP contribution in [0, 0.1) is 0 Å². The fraction of sp³-hybridized carbons (Fsp3) is 0.231. The minimum absolute atomic E-state index is 0.884. The Kier molecular flexibility index (Phi) is 5.01. The molecule has 0 aliphatic heterocycles. The van der Waals surface area contributed by atoms with Gasteiger partial charge in [-0.25, -0.2) is 9.97 Å². The van der Waals surface area contributed by atoms with Gasteiger partial charge in [0.15, 0.2) is 0 Å². The summed E-state index contributed by atoms with van der Waals surface area (Å²) in [5.74, 6) is 1.81. The highest BCUT2D eigenvalue weighted by atomic mass is 79.9. The molecule has 18 heavy (non-hydrogen) atoms. The van der Waals surface area contributed by atoms with Crippen molar-refractivity contribution in [3.8, 4) is 0 Å². The van der Waals surface area contributed by atoms with E-state index in [2.05, 4.69) is 44.2 Å². The molecule has 0 aromatic carbocycles. The third-order valence-corrected chi connectivity index (χ3v) is 4.26. The average molecular weight is 324 g/mol. The summed E-state index contributed by atoms with van der Waals surface area (Å²) in [4.78, 5) is 8.59. The smallest absolute Gasteiger partial charge is 0.126 e. The molecule has 1 N–H and O–H groups in total. The first kappa shape index (κ1) is 13.4. The lowest BCUT2D eigenvalue weighted by Crippen LogP contribution is -1.99. The van der Waals surface area contributed by atoms with E-state index in [1.54, 1.807) is 11.8 Å². The quantitative estimate of drug-likeness (QED) is 0.845. The molecule has 0 fully saturated rings. The predicted octanol–water partition coefficient (Wildman–Crippen LogP) is 3.96. The number of nitrogens with zero attached hydrogens (tertiary/aromatic N) is 2. The maximum Gasteiger partial charge on any atom is 0.126 e. The van der Waals surface area contributed by atoms with Crippen LogP contribution in [0.4, 0.5) is 5.82 Å². The minimum Gasteiger partial charge on any atom is -0.370 e. The molecule has 3 nitrogen and oxygen atoms in total. The van der Waals surface area contributed by atoms with Gasteiger partial charge < -0.3 is 5.32 Å². The number of anilines is 1. The summed E-state index contributed by atoms with van der Waals surface area (Å²) in [6.45, 7) is 2.95. The fourth-order valence-electron chi connectivity index (χ4n) is 1.47. The van der Waals surface area contributed by atoms with Gasteiger partial charge in [0.1, 0.15) is 10.8 Å². The van der Waals surface area contributed by atoms with Crippen LogP contribution in [-0.2, 0) is 5.75 Å². The van der Waals surface area contributed by atoms with Crippen LogP contribution in [0.2, 0.25) is 0 Å². The molecule has 2 aromatic heterocycles. The monoisotopic (exact) mass is 323 g/mol. The number of aromatic nitrogens is 2. The molecule has 0 amide bonds. The van der Waals surface area contributed by atoms with E-state index in [1.165, 1.54) is 5.56 Å². The Morgan fingerprint density at radius 1 is 1.28 bits per heavy atom. The molecule has 0 radical (unpaired) electrons. The van der Waals surface area contributed by atoms with Crippen LogP contribution in [0.1, 0.15) is 12.5 Å². The third-order valence-electron chi connectivity index (χ3n) is 2.28. The minimum atomic E-state index is 0.884. The van der Waals surface area contributed by atoms with Crippen molar-refractivity contribution in [2.24, 2.45) is 0 Å². The van der Waals surface area contributed by atoms with Gasteiger partial charge in [0.05, 0.1) is 0 Å². The van der Waals surface area contributed by atoms with Gasteiger partial charge in [-0.2, -0.15) is 0 Å². The largest absolute Gasteiger partial charge is 0.370 e. The highest BCUT2D eigenvalue weighted by Gasteiger charge is 2.02. The van der Waals surface area contributed by atoms with Gasteiger partial charge in [0.2, 0.25) is 0 Å². The maximum atomic E-state index is 4.34. The molecule has 0 atom stereocenters. The van der Waals surface area contributed by atoms with Crippen LogP contribution >= 0.6 is 27.7 Å². The highest BCUT2D eigenvalue weighted by Crippen LogP contribution is 2.27. The molecule has 2 heterocycles. The number of thioether (sulfide) groups is 1. The maximum absolute atomic E-state index is 4.34. The lowest BCUT2D eigenvalue weighted by Gasteiger charge is -2.06. The average Bonchev–Trinajstić information content (AvgIpc) is 2.39. The van der Waals surface area contributed by atoms with E-state index in [-0.39, 0.29) is 0 Å². The Labute approximate surface area is 120 Å². The van der Waals surface area contributed by atoms with Crippen molar-refractivity contribution in [1.82, 2.24) is 9.97 Å². The second-order valence-electron chi connectivity index (χ2n) is 3.66. The fourth-order valence-corrected chi connectivity index (χ4v) is 2.89. The van der Waals surface area contributed by atoms with E-state index >= 15 is 0 Å². The molecular formula is C13H14BrN3S. The van der Waals surface area contributed by atoms with E-state index in [9.17, 15) is 0 Å². The normalized spacial score (nSPS) is 10.3. The first-order valence-corrected chi connectivity index (χ1v) is 7.49. The van der Waals surface area contributed by atoms with Crippen molar-refractivity contribution >= 4 is 33.5 Å². The number of halogens is 1. The summed E-state index contributed by atoms with van der Waals surface area (Å²) in [7, 11) is 0. The summed E-state index contributed by atoms with van der Waals surface area (Å²) in [5, 5.41) is 4.23. The molecule has 94 valence electrons. The van der Waals surface area contributed by atoms with Gasteiger partial charge in [-0.3, -0.25) is 0 Å². The van der Waals surface area contributed by atoms with Crippen LogP contribution in [0.3, 0.4) is 0 Å². The van der Waals surface area contributed by atoms with Crippen LogP contribution < -0.4 is 5.32 Å². The molecule has 0 spiro atoms. The van der Waals surface area contributed by atoms with Crippen LogP contribution in [0.25, 0.3) is 0 Å². The van der Waals surface area contributed by atoms with Gasteiger partial charge in [-0.1, -0.05) is 0 Å². The van der Waals surface area contributed by atoms with Gasteiger partial charge in [0, 0.05) is 29.2 Å². The second kappa shape index (κ2) is 6.75. The van der Waals surface area contributed by atoms with E-state index in [0.717, 1.165) is 27.6 Å². The molecule has 5 heteroatoms. The number of hydrogen-bond acceptors (Lipinski definition) is 4. The lowest BCUT2D eigenvalue weighted by molar-refractivity contribution is 1.10. The number of hydrogen-bond donors (Lipinski definition) is 1. The summed E-state index contributed by atoms with van der Waals surface area (Å²) in [5.41, 5.74) is 1.24. The van der Waals surface area contributed by atoms with Gasteiger partial charge in [0.25, 0.3) is 0 Å². The predicted molar refractivity (Wildman–Crippen MR) is 79.9 cm³/mol. The van der Waals surface area contributed by atoms with Gasteiger partial charge in [-0.15, -0.1) is 11.8 Å². The van der Waals surface area contributed by atoms with Gasteiger partial charge in [-0.05, 0) is 52.7 Å². The SMILES string of the molecule is CCNc1cc(CSc2ncccc2Br)ccn1. The summed E-state index contributed by atoms with van der Waals surface area (Å²) in [6, 6.07) is 8.04. The third kappa shape index (κ3) is 3.71. The summed E-state index contributed by atoms with van der Waals surface area (Å²) >= 11 is 5.21. The zero-order chi connectivity index (χ0) is 12.8. The van der Waals surface area contributed by atoms with Crippen molar-refractivity contribution in [2.45, 2.75) is 17.7 Å². The molecule has 0 aliphatic rings. The number of rotatable bonds is 5. The highest BCUT2D eigenvalue weighted by molar-refractivity contribution is 9.10. The van der Waals surface area contributed by atoms with Crippen molar-refractivity contribution < 1.29 is 0 Å². The standard InChI is InChI=1S/C13H14BrN3S/c1-2-15-12-8-10(5-7-16-12)9-18-13-11(14)4-3-6-17-13/h3-8H,2,9H2,1H3,(H,15,16). The summed E-state index contributed by atoms with van der Waals surface area (Å²) < 4.78 is 1.04. The van der Waals surface area contributed by atoms with E-state index in [0.29, 0.717) is 0 Å². The second-order valence-corrected chi connectivity index (χ2v) is 5.48. The molecule has 2 rings (SSSR count). The Morgan fingerprint density at radius 3 is 2.94 bits per heavy atom. The van der Waals surface area contributed by atoms with Crippen molar-refractivity contribution in [2.75, 3.05) is 11.9 Å². The molecular weight excluding hydrogens is 310 g/mol. The Morgan fingerprint density at radius 2 is 2.17 bits per heavy atom. The van der Waals surface area contributed by atoms with Crippen LogP contribution in [-0.4, -0.2) is 16.5 Å². The molecule has 0 saturated carbocycles. The first-order valence-electron chi connectivity index (χ1n) is 5.71. The van der Waals surface area contributed by atoms with E-state index in [1.807, 2.05) is 30.6 Å². The topological polar surface area (TPSA) is 37.8 Å². The molecule has 0 saturated heterocycles. The molecule has 2 aromatic rings. The lowest BCUT2D eigenvalue weighted by atomic mass is 10.3. The number of pyridine rings is 2. The zero-order valence-electron chi connectivity index (χ0n) is 10.1. The molecule has 0 unspecified atom stereocenters. The first-order chi connectivity index (χ1) is 8.79. The Balaban J connectivity index is 2.02. The summed E-state index contributed by atoms with van der Waals surface area (Å²) in [6.07, 6.45) is 3.64. The van der Waals surface area contributed by atoms with Crippen LogP contribution in [0.5, 0.6) is 0 Å².